The second-order valence-electron chi connectivity index (χ2n) is 3.93. The number of anilines is 1. The van der Waals surface area contributed by atoms with E-state index in [0.29, 0.717) is 6.61 Å². The molecule has 0 bridgehead atoms. The molecule has 0 atom stereocenters. The Balaban J connectivity index is 1.75. The molecule has 0 saturated carbocycles. The van der Waals surface area contributed by atoms with Crippen molar-refractivity contribution in [3.05, 3.63) is 33.5 Å². The van der Waals surface area contributed by atoms with Gasteiger partial charge >= 0.3 is 5.97 Å². The lowest BCUT2D eigenvalue weighted by molar-refractivity contribution is -0.142. The molecule has 102 valence electrons. The van der Waals surface area contributed by atoms with Crippen LogP contribution in [0.1, 0.15) is 18.2 Å². The number of rotatable bonds is 7. The van der Waals surface area contributed by atoms with Gasteiger partial charge in [-0.1, -0.05) is 0 Å². The van der Waals surface area contributed by atoms with Gasteiger partial charge < -0.3 is 10.1 Å². The summed E-state index contributed by atoms with van der Waals surface area (Å²) in [5.74, 6) is -0.224. The molecular weight excluding hydrogens is 280 g/mol. The average Bonchev–Trinajstić information content (AvgIpc) is 3.01. The Morgan fingerprint density at radius 3 is 3.11 bits per heavy atom. The number of thiophene rings is 1. The Kier molecular flexibility index (Phi) is 5.35. The van der Waals surface area contributed by atoms with Crippen molar-refractivity contribution in [2.75, 3.05) is 18.5 Å². The highest BCUT2D eigenvalue weighted by molar-refractivity contribution is 7.13. The number of esters is 1. The number of hydrogen-bond acceptors (Lipinski definition) is 6. The minimum atomic E-state index is -0.224. The lowest BCUT2D eigenvalue weighted by atomic mass is 10.2. The smallest absolute Gasteiger partial charge is 0.311 e. The van der Waals surface area contributed by atoms with Crippen molar-refractivity contribution in [3.8, 4) is 0 Å². The van der Waals surface area contributed by atoms with E-state index < -0.39 is 0 Å². The number of nitrogens with one attached hydrogen (secondary N) is 1. The molecule has 0 spiro atoms. The highest BCUT2D eigenvalue weighted by atomic mass is 32.1. The summed E-state index contributed by atoms with van der Waals surface area (Å²) < 4.78 is 4.89. The van der Waals surface area contributed by atoms with Gasteiger partial charge in [0.25, 0.3) is 0 Å². The number of carbonyl (C=O) groups is 1. The molecule has 19 heavy (non-hydrogen) atoms. The van der Waals surface area contributed by atoms with E-state index in [1.165, 1.54) is 16.9 Å². The second-order valence-corrected chi connectivity index (χ2v) is 5.57. The van der Waals surface area contributed by atoms with Gasteiger partial charge in [-0.25, -0.2) is 4.98 Å². The predicted octanol–water partition coefficient (Wildman–Crippen LogP) is 2.96. The van der Waals surface area contributed by atoms with Crippen LogP contribution in [0.15, 0.2) is 22.2 Å². The molecule has 2 aromatic rings. The number of nitrogens with zero attached hydrogens (tertiary/aromatic N) is 1. The fourth-order valence-electron chi connectivity index (χ4n) is 1.58. The topological polar surface area (TPSA) is 51.2 Å². The van der Waals surface area contributed by atoms with Crippen LogP contribution in [0.3, 0.4) is 0 Å². The standard InChI is InChI=1S/C13H16N2O2S2/c1-2-17-12(16)7-11-9-19-13(15-11)14-5-3-10-4-6-18-8-10/h4,6,8-9H,2-3,5,7H2,1H3,(H,14,15). The first-order valence-corrected chi connectivity index (χ1v) is 7.95. The van der Waals surface area contributed by atoms with Gasteiger partial charge in [0.15, 0.2) is 5.13 Å². The maximum absolute atomic E-state index is 11.3. The molecule has 0 aliphatic carbocycles. The van der Waals surface area contributed by atoms with Gasteiger partial charge in [0.1, 0.15) is 0 Å². The van der Waals surface area contributed by atoms with Crippen LogP contribution in [0.2, 0.25) is 0 Å². The molecule has 0 aromatic carbocycles. The Morgan fingerprint density at radius 2 is 2.37 bits per heavy atom. The Hall–Kier alpha value is -1.40. The van der Waals surface area contributed by atoms with Crippen LogP contribution in [-0.4, -0.2) is 24.1 Å². The molecule has 1 N–H and O–H groups in total. The summed E-state index contributed by atoms with van der Waals surface area (Å²) in [4.78, 5) is 15.7. The maximum Gasteiger partial charge on any atom is 0.311 e. The molecule has 0 saturated heterocycles. The third-order valence-corrected chi connectivity index (χ3v) is 4.03. The van der Waals surface area contributed by atoms with Gasteiger partial charge in [-0.3, -0.25) is 4.79 Å². The summed E-state index contributed by atoms with van der Waals surface area (Å²) in [5.41, 5.74) is 2.10. The zero-order valence-corrected chi connectivity index (χ0v) is 12.4. The molecule has 6 heteroatoms. The molecule has 0 amide bonds. The highest BCUT2D eigenvalue weighted by Crippen LogP contribution is 2.16. The molecule has 2 heterocycles. The predicted molar refractivity (Wildman–Crippen MR) is 79.0 cm³/mol. The van der Waals surface area contributed by atoms with E-state index in [1.54, 1.807) is 18.3 Å². The van der Waals surface area contributed by atoms with E-state index in [4.69, 9.17) is 4.74 Å². The van der Waals surface area contributed by atoms with Crippen LogP contribution < -0.4 is 5.32 Å². The third-order valence-electron chi connectivity index (χ3n) is 2.45. The molecule has 2 rings (SSSR count). The van der Waals surface area contributed by atoms with E-state index in [-0.39, 0.29) is 12.4 Å². The van der Waals surface area contributed by atoms with Crippen molar-refractivity contribution < 1.29 is 9.53 Å². The molecule has 0 fully saturated rings. The van der Waals surface area contributed by atoms with Crippen LogP contribution in [0.5, 0.6) is 0 Å². The SMILES string of the molecule is CCOC(=O)Cc1csc(NCCc2ccsc2)n1. The molecule has 0 radical (unpaired) electrons. The maximum atomic E-state index is 11.3. The summed E-state index contributed by atoms with van der Waals surface area (Å²) in [5, 5.41) is 10.2. The second kappa shape index (κ2) is 7.25. The fourth-order valence-corrected chi connectivity index (χ4v) is 3.02. The number of carbonyl (C=O) groups excluding carboxylic acids is 1. The van der Waals surface area contributed by atoms with E-state index in [9.17, 15) is 4.79 Å². The summed E-state index contributed by atoms with van der Waals surface area (Å²) in [6.45, 7) is 3.06. The lowest BCUT2D eigenvalue weighted by Crippen LogP contribution is -2.08. The van der Waals surface area contributed by atoms with Crippen molar-refractivity contribution in [1.82, 2.24) is 4.98 Å². The Bertz CT molecular complexity index is 508. The van der Waals surface area contributed by atoms with Gasteiger partial charge in [-0.15, -0.1) is 11.3 Å². The monoisotopic (exact) mass is 296 g/mol. The van der Waals surface area contributed by atoms with Crippen LogP contribution in [0.25, 0.3) is 0 Å². The summed E-state index contributed by atoms with van der Waals surface area (Å²) in [7, 11) is 0. The van der Waals surface area contributed by atoms with Crippen LogP contribution in [-0.2, 0) is 22.4 Å². The van der Waals surface area contributed by atoms with Crippen LogP contribution >= 0.6 is 22.7 Å². The minimum Gasteiger partial charge on any atom is -0.466 e. The lowest BCUT2D eigenvalue weighted by Gasteiger charge is -2.01. The van der Waals surface area contributed by atoms with Crippen LogP contribution in [0.4, 0.5) is 5.13 Å². The van der Waals surface area contributed by atoms with Crippen LogP contribution in [0, 0.1) is 0 Å². The summed E-state index contributed by atoms with van der Waals surface area (Å²) >= 11 is 3.23. The van der Waals surface area contributed by atoms with Crippen molar-refractivity contribution in [3.63, 3.8) is 0 Å². The fraction of sp³-hybridized carbons (Fsp3) is 0.385. The number of thiazole rings is 1. The molecule has 0 aliphatic rings. The zero-order valence-electron chi connectivity index (χ0n) is 10.7. The first kappa shape index (κ1) is 14.0. The summed E-state index contributed by atoms with van der Waals surface area (Å²) in [6.07, 6.45) is 1.23. The van der Waals surface area contributed by atoms with Crippen molar-refractivity contribution >= 4 is 33.8 Å². The third kappa shape index (κ3) is 4.65. The first-order valence-electron chi connectivity index (χ1n) is 6.13. The van der Waals surface area contributed by atoms with E-state index in [0.717, 1.165) is 23.8 Å². The molecular formula is C13H16N2O2S2. The van der Waals surface area contributed by atoms with Crippen molar-refractivity contribution in [2.45, 2.75) is 19.8 Å². The zero-order chi connectivity index (χ0) is 13.5. The van der Waals surface area contributed by atoms with Gasteiger partial charge in [0.05, 0.1) is 18.7 Å². The quantitative estimate of drug-likeness (QED) is 0.798. The molecule has 4 nitrogen and oxygen atoms in total. The van der Waals surface area contributed by atoms with E-state index >= 15 is 0 Å². The van der Waals surface area contributed by atoms with Gasteiger partial charge in [0.2, 0.25) is 0 Å². The van der Waals surface area contributed by atoms with Crippen molar-refractivity contribution in [1.29, 1.82) is 0 Å². The largest absolute Gasteiger partial charge is 0.466 e. The Morgan fingerprint density at radius 1 is 1.47 bits per heavy atom. The minimum absolute atomic E-state index is 0.224. The summed E-state index contributed by atoms with van der Waals surface area (Å²) in [6, 6.07) is 2.13. The number of ether oxygens (including phenoxy) is 1. The number of aromatic nitrogens is 1. The average molecular weight is 296 g/mol. The van der Waals surface area contributed by atoms with Gasteiger partial charge in [0, 0.05) is 11.9 Å². The first-order chi connectivity index (χ1) is 9.28. The van der Waals surface area contributed by atoms with Gasteiger partial charge in [-0.2, -0.15) is 11.3 Å². The Labute approximate surface area is 120 Å². The van der Waals surface area contributed by atoms with Crippen molar-refractivity contribution in [2.24, 2.45) is 0 Å². The van der Waals surface area contributed by atoms with Gasteiger partial charge in [-0.05, 0) is 35.7 Å². The number of hydrogen-bond donors (Lipinski definition) is 1. The molecule has 0 aliphatic heterocycles. The molecule has 0 unspecified atom stereocenters. The normalized spacial score (nSPS) is 10.4. The van der Waals surface area contributed by atoms with E-state index in [1.807, 2.05) is 5.38 Å². The molecule has 2 aromatic heterocycles. The van der Waals surface area contributed by atoms with E-state index in [2.05, 4.69) is 27.1 Å². The highest BCUT2D eigenvalue weighted by Gasteiger charge is 2.08.